The van der Waals surface area contributed by atoms with E-state index in [0.717, 1.165) is 30.7 Å². The summed E-state index contributed by atoms with van der Waals surface area (Å²) >= 11 is 0. The predicted octanol–water partition coefficient (Wildman–Crippen LogP) is 3.84. The number of amides is 2. The molecule has 4 saturated carbocycles. The van der Waals surface area contributed by atoms with Crippen molar-refractivity contribution in [3.63, 3.8) is 0 Å². The molecular weight excluding hydrogens is 284 g/mol. The first kappa shape index (κ1) is 15.0. The number of hydrogen-bond donors (Lipinski definition) is 1. The Bertz CT molecular complexity index is 533. The first-order valence-corrected chi connectivity index (χ1v) is 9.19. The second-order valence-corrected chi connectivity index (χ2v) is 8.29. The van der Waals surface area contributed by atoms with E-state index >= 15 is 0 Å². The zero-order valence-corrected chi connectivity index (χ0v) is 14.1. The van der Waals surface area contributed by atoms with E-state index in [-0.39, 0.29) is 11.6 Å². The molecule has 4 fully saturated rings. The maximum absolute atomic E-state index is 12.7. The number of carbonyl (C=O) groups excluding carboxylic acids is 1. The molecule has 0 atom stereocenters. The van der Waals surface area contributed by atoms with Crippen molar-refractivity contribution in [3.8, 4) is 0 Å². The van der Waals surface area contributed by atoms with Crippen LogP contribution in [0.1, 0.15) is 44.1 Å². The lowest BCUT2D eigenvalue weighted by Gasteiger charge is -2.57. The summed E-state index contributed by atoms with van der Waals surface area (Å²) in [6, 6.07) is 10.5. The van der Waals surface area contributed by atoms with Crippen LogP contribution < -0.4 is 5.32 Å². The van der Waals surface area contributed by atoms with E-state index in [1.165, 1.54) is 44.1 Å². The van der Waals surface area contributed by atoms with Gasteiger partial charge in [-0.2, -0.15) is 0 Å². The molecule has 0 aliphatic heterocycles. The van der Waals surface area contributed by atoms with Crippen molar-refractivity contribution in [1.82, 2.24) is 10.2 Å². The fourth-order valence-electron chi connectivity index (χ4n) is 5.63. The largest absolute Gasteiger partial charge is 0.333 e. The molecule has 2 amide bonds. The van der Waals surface area contributed by atoms with Gasteiger partial charge in [-0.25, -0.2) is 4.79 Å². The number of likely N-dealkylation sites (N-methyl/N-ethyl adjacent to an activating group) is 1. The molecular formula is C20H28N2O. The minimum Gasteiger partial charge on any atom is -0.333 e. The molecule has 5 rings (SSSR count). The maximum atomic E-state index is 12.7. The van der Waals surface area contributed by atoms with Crippen molar-refractivity contribution in [2.75, 3.05) is 13.6 Å². The summed E-state index contributed by atoms with van der Waals surface area (Å²) in [7, 11) is 1.93. The Morgan fingerprint density at radius 2 is 1.65 bits per heavy atom. The number of urea groups is 1. The van der Waals surface area contributed by atoms with Crippen LogP contribution in [-0.4, -0.2) is 30.1 Å². The van der Waals surface area contributed by atoms with E-state index < -0.39 is 0 Å². The van der Waals surface area contributed by atoms with Gasteiger partial charge in [-0.15, -0.1) is 0 Å². The Balaban J connectivity index is 1.34. The summed E-state index contributed by atoms with van der Waals surface area (Å²) in [5.41, 5.74) is 1.41. The van der Waals surface area contributed by atoms with Crippen LogP contribution >= 0.6 is 0 Å². The smallest absolute Gasteiger partial charge is 0.317 e. The average molecular weight is 312 g/mol. The molecule has 0 aromatic heterocycles. The Kier molecular flexibility index (Phi) is 3.82. The number of nitrogens with one attached hydrogen (secondary N) is 1. The molecule has 1 N–H and O–H groups in total. The number of nitrogens with zero attached hydrogens (tertiary/aromatic N) is 1. The molecule has 0 unspecified atom stereocenters. The van der Waals surface area contributed by atoms with Gasteiger partial charge in [0.2, 0.25) is 0 Å². The third-order valence-corrected chi connectivity index (χ3v) is 6.34. The van der Waals surface area contributed by atoms with Gasteiger partial charge in [0.05, 0.1) is 0 Å². The lowest BCUT2D eigenvalue weighted by molar-refractivity contribution is -0.0152. The highest BCUT2D eigenvalue weighted by Crippen LogP contribution is 2.55. The summed E-state index contributed by atoms with van der Waals surface area (Å²) in [6.45, 7) is 0.780. The van der Waals surface area contributed by atoms with Crippen LogP contribution in [0.5, 0.6) is 0 Å². The van der Waals surface area contributed by atoms with Gasteiger partial charge in [0.25, 0.3) is 0 Å². The van der Waals surface area contributed by atoms with Crippen molar-refractivity contribution >= 4 is 6.03 Å². The van der Waals surface area contributed by atoms with E-state index in [2.05, 4.69) is 29.6 Å². The molecule has 1 aromatic rings. The molecule has 124 valence electrons. The second kappa shape index (κ2) is 5.85. The van der Waals surface area contributed by atoms with Crippen LogP contribution in [0.15, 0.2) is 30.3 Å². The van der Waals surface area contributed by atoms with Gasteiger partial charge in [0.15, 0.2) is 0 Å². The first-order valence-electron chi connectivity index (χ1n) is 9.19. The van der Waals surface area contributed by atoms with Crippen LogP contribution in [0.4, 0.5) is 4.79 Å². The SMILES string of the molecule is CN(CCc1ccccc1)C(=O)NC12CC3CC(CC(C3)C1)C2. The highest BCUT2D eigenvalue weighted by Gasteiger charge is 2.51. The normalized spacial score (nSPS) is 34.4. The molecule has 1 aromatic carbocycles. The number of hydrogen-bond acceptors (Lipinski definition) is 1. The molecule has 4 bridgehead atoms. The van der Waals surface area contributed by atoms with Gasteiger partial charge in [0.1, 0.15) is 0 Å². The van der Waals surface area contributed by atoms with Gasteiger partial charge >= 0.3 is 6.03 Å². The summed E-state index contributed by atoms with van der Waals surface area (Å²) in [4.78, 5) is 14.5. The molecule has 0 heterocycles. The highest BCUT2D eigenvalue weighted by molar-refractivity contribution is 5.75. The Hall–Kier alpha value is -1.51. The van der Waals surface area contributed by atoms with Gasteiger partial charge in [-0.05, 0) is 68.3 Å². The molecule has 0 radical (unpaired) electrons. The van der Waals surface area contributed by atoms with Crippen molar-refractivity contribution in [2.24, 2.45) is 17.8 Å². The molecule has 3 heteroatoms. The zero-order valence-electron chi connectivity index (χ0n) is 14.1. The lowest BCUT2D eigenvalue weighted by atomic mass is 9.53. The van der Waals surface area contributed by atoms with Crippen LogP contribution in [0.25, 0.3) is 0 Å². The van der Waals surface area contributed by atoms with E-state index in [4.69, 9.17) is 0 Å². The van der Waals surface area contributed by atoms with Gasteiger partial charge < -0.3 is 10.2 Å². The number of rotatable bonds is 4. The summed E-state index contributed by atoms with van der Waals surface area (Å²) < 4.78 is 0. The van der Waals surface area contributed by atoms with Crippen LogP contribution in [0.2, 0.25) is 0 Å². The molecule has 3 nitrogen and oxygen atoms in total. The van der Waals surface area contributed by atoms with Crippen LogP contribution in [0.3, 0.4) is 0 Å². The molecule has 0 spiro atoms. The second-order valence-electron chi connectivity index (χ2n) is 8.29. The number of carbonyl (C=O) groups is 1. The van der Waals surface area contributed by atoms with E-state index in [1.807, 2.05) is 18.0 Å². The van der Waals surface area contributed by atoms with Gasteiger partial charge in [0, 0.05) is 19.1 Å². The first-order chi connectivity index (χ1) is 11.1. The van der Waals surface area contributed by atoms with Crippen molar-refractivity contribution in [3.05, 3.63) is 35.9 Å². The van der Waals surface area contributed by atoms with Gasteiger partial charge in [-0.1, -0.05) is 30.3 Å². The minimum absolute atomic E-state index is 0.118. The highest BCUT2D eigenvalue weighted by atomic mass is 16.2. The Labute approximate surface area is 139 Å². The van der Waals surface area contributed by atoms with Crippen molar-refractivity contribution in [1.29, 1.82) is 0 Å². The minimum atomic E-state index is 0.118. The lowest BCUT2D eigenvalue weighted by Crippen LogP contribution is -2.61. The summed E-state index contributed by atoms with van der Waals surface area (Å²) in [5, 5.41) is 3.45. The zero-order chi connectivity index (χ0) is 15.9. The van der Waals surface area contributed by atoms with Crippen LogP contribution in [-0.2, 0) is 6.42 Å². The Morgan fingerprint density at radius 3 is 2.22 bits per heavy atom. The Morgan fingerprint density at radius 1 is 1.09 bits per heavy atom. The molecule has 4 aliphatic rings. The predicted molar refractivity (Wildman–Crippen MR) is 92.2 cm³/mol. The van der Waals surface area contributed by atoms with Crippen LogP contribution in [0, 0.1) is 17.8 Å². The van der Waals surface area contributed by atoms with E-state index in [1.54, 1.807) is 0 Å². The molecule has 4 aliphatic carbocycles. The quantitative estimate of drug-likeness (QED) is 0.900. The van der Waals surface area contributed by atoms with E-state index in [9.17, 15) is 4.79 Å². The molecule has 0 saturated heterocycles. The number of benzene rings is 1. The third-order valence-electron chi connectivity index (χ3n) is 6.34. The summed E-state index contributed by atoms with van der Waals surface area (Å²) in [6.07, 6.45) is 8.83. The standard InChI is InChI=1S/C20H28N2O/c1-22(8-7-15-5-3-2-4-6-15)19(23)21-20-12-16-9-17(13-20)11-18(10-16)14-20/h2-6,16-18H,7-14H2,1H3,(H,21,23). The third kappa shape index (κ3) is 3.11. The monoisotopic (exact) mass is 312 g/mol. The maximum Gasteiger partial charge on any atom is 0.317 e. The van der Waals surface area contributed by atoms with Crippen molar-refractivity contribution in [2.45, 2.75) is 50.5 Å². The summed E-state index contributed by atoms with van der Waals surface area (Å²) in [5.74, 6) is 2.61. The topological polar surface area (TPSA) is 32.3 Å². The van der Waals surface area contributed by atoms with Crippen molar-refractivity contribution < 1.29 is 4.79 Å². The van der Waals surface area contributed by atoms with E-state index in [0.29, 0.717) is 0 Å². The average Bonchev–Trinajstić information content (AvgIpc) is 2.51. The molecule has 23 heavy (non-hydrogen) atoms. The fraction of sp³-hybridized carbons (Fsp3) is 0.650. The van der Waals surface area contributed by atoms with Gasteiger partial charge in [-0.3, -0.25) is 0 Å². The fourth-order valence-corrected chi connectivity index (χ4v) is 5.63.